The summed E-state index contributed by atoms with van der Waals surface area (Å²) < 4.78 is 0. The Morgan fingerprint density at radius 3 is 2.94 bits per heavy atom. The monoisotopic (exact) mass is 232 g/mol. The molecule has 1 atom stereocenters. The van der Waals surface area contributed by atoms with Crippen molar-refractivity contribution in [1.29, 1.82) is 0 Å². The highest BCUT2D eigenvalue weighted by molar-refractivity contribution is 5.79. The molecule has 1 N–H and O–H groups in total. The van der Waals surface area contributed by atoms with Gasteiger partial charge in [-0.25, -0.2) is 0 Å². The van der Waals surface area contributed by atoms with E-state index in [1.165, 1.54) is 5.56 Å². The topological polar surface area (TPSA) is 32.3 Å². The molecule has 0 radical (unpaired) electrons. The smallest absolute Gasteiger partial charge is 0.227 e. The zero-order valence-corrected chi connectivity index (χ0v) is 10.6. The quantitative estimate of drug-likeness (QED) is 0.835. The van der Waals surface area contributed by atoms with Crippen molar-refractivity contribution in [1.82, 2.24) is 10.2 Å². The van der Waals surface area contributed by atoms with Crippen LogP contribution in [-0.4, -0.2) is 36.5 Å². The third kappa shape index (κ3) is 2.86. The van der Waals surface area contributed by atoms with Crippen LogP contribution in [0.1, 0.15) is 18.1 Å². The van der Waals surface area contributed by atoms with Crippen molar-refractivity contribution in [2.75, 3.05) is 19.6 Å². The molecule has 1 fully saturated rings. The van der Waals surface area contributed by atoms with E-state index in [2.05, 4.69) is 25.2 Å². The van der Waals surface area contributed by atoms with Crippen molar-refractivity contribution >= 4 is 5.91 Å². The number of nitrogens with one attached hydrogen (secondary N) is 1. The zero-order chi connectivity index (χ0) is 12.3. The molecule has 0 bridgehead atoms. The van der Waals surface area contributed by atoms with E-state index in [9.17, 15) is 4.79 Å². The maximum absolute atomic E-state index is 12.2. The highest BCUT2D eigenvalue weighted by Gasteiger charge is 2.22. The Bertz CT molecular complexity index is 403. The maximum atomic E-state index is 12.2. The number of piperazine rings is 1. The summed E-state index contributed by atoms with van der Waals surface area (Å²) in [6.07, 6.45) is 0.525. The van der Waals surface area contributed by atoms with Gasteiger partial charge in [0.15, 0.2) is 0 Å². The van der Waals surface area contributed by atoms with Crippen LogP contribution in [0.3, 0.4) is 0 Å². The standard InChI is InChI=1S/C14H20N2O/c1-11-5-3-4-6-13(11)9-14(17)16-8-7-15-10-12(16)2/h3-6,12,15H,7-10H2,1-2H3. The number of hydrogen-bond donors (Lipinski definition) is 1. The summed E-state index contributed by atoms with van der Waals surface area (Å²) >= 11 is 0. The highest BCUT2D eigenvalue weighted by atomic mass is 16.2. The molecule has 1 aromatic carbocycles. The molecule has 17 heavy (non-hydrogen) atoms. The van der Waals surface area contributed by atoms with Crippen LogP contribution in [0.4, 0.5) is 0 Å². The van der Waals surface area contributed by atoms with Crippen LogP contribution in [0, 0.1) is 6.92 Å². The molecule has 1 unspecified atom stereocenters. The Balaban J connectivity index is 2.03. The first-order valence-electron chi connectivity index (χ1n) is 6.23. The fraction of sp³-hybridized carbons (Fsp3) is 0.500. The van der Waals surface area contributed by atoms with Crippen LogP contribution in [0.5, 0.6) is 0 Å². The van der Waals surface area contributed by atoms with Gasteiger partial charge in [-0.2, -0.15) is 0 Å². The molecule has 1 saturated heterocycles. The molecule has 92 valence electrons. The molecule has 1 aliphatic rings. The first-order chi connectivity index (χ1) is 8.18. The van der Waals surface area contributed by atoms with Gasteiger partial charge in [-0.15, -0.1) is 0 Å². The lowest BCUT2D eigenvalue weighted by atomic mass is 10.0. The summed E-state index contributed by atoms with van der Waals surface area (Å²) in [5.41, 5.74) is 2.34. The molecule has 0 saturated carbocycles. The summed E-state index contributed by atoms with van der Waals surface area (Å²) in [5, 5.41) is 3.30. The molecule has 1 aliphatic heterocycles. The maximum Gasteiger partial charge on any atom is 0.227 e. The lowest BCUT2D eigenvalue weighted by Gasteiger charge is -2.34. The van der Waals surface area contributed by atoms with Crippen molar-refractivity contribution in [2.45, 2.75) is 26.3 Å². The van der Waals surface area contributed by atoms with Gasteiger partial charge in [0.1, 0.15) is 0 Å². The van der Waals surface area contributed by atoms with Crippen molar-refractivity contribution in [3.8, 4) is 0 Å². The van der Waals surface area contributed by atoms with Gasteiger partial charge in [0.25, 0.3) is 0 Å². The summed E-state index contributed by atoms with van der Waals surface area (Å²) in [4.78, 5) is 14.2. The van der Waals surface area contributed by atoms with Gasteiger partial charge in [-0.3, -0.25) is 4.79 Å². The minimum atomic E-state index is 0.244. The van der Waals surface area contributed by atoms with Gasteiger partial charge in [-0.1, -0.05) is 24.3 Å². The summed E-state index contributed by atoms with van der Waals surface area (Å²) in [6, 6.07) is 8.41. The summed E-state index contributed by atoms with van der Waals surface area (Å²) in [7, 11) is 0. The van der Waals surface area contributed by atoms with E-state index >= 15 is 0 Å². The van der Waals surface area contributed by atoms with E-state index in [1.807, 2.05) is 23.1 Å². The Hall–Kier alpha value is -1.35. The first kappa shape index (κ1) is 12.1. The van der Waals surface area contributed by atoms with Gasteiger partial charge in [0, 0.05) is 25.7 Å². The molecule has 2 rings (SSSR count). The molecule has 3 nitrogen and oxygen atoms in total. The van der Waals surface area contributed by atoms with Crippen LogP contribution in [-0.2, 0) is 11.2 Å². The van der Waals surface area contributed by atoms with E-state index < -0.39 is 0 Å². The van der Waals surface area contributed by atoms with Crippen molar-refractivity contribution in [2.24, 2.45) is 0 Å². The molecular formula is C14H20N2O. The number of amides is 1. The summed E-state index contributed by atoms with van der Waals surface area (Å²) in [6.45, 7) is 6.79. The molecule has 0 aromatic heterocycles. The Morgan fingerprint density at radius 2 is 2.24 bits per heavy atom. The SMILES string of the molecule is Cc1ccccc1CC(=O)N1CCNCC1C. The van der Waals surface area contributed by atoms with E-state index in [-0.39, 0.29) is 5.91 Å². The number of benzene rings is 1. The number of nitrogens with zero attached hydrogens (tertiary/aromatic N) is 1. The Morgan fingerprint density at radius 1 is 1.47 bits per heavy atom. The van der Waals surface area contributed by atoms with E-state index in [4.69, 9.17) is 0 Å². The molecule has 1 heterocycles. The predicted octanol–water partition coefficient (Wildman–Crippen LogP) is 1.36. The molecule has 0 spiro atoms. The Labute approximate surface area is 103 Å². The molecule has 1 amide bonds. The molecular weight excluding hydrogens is 212 g/mol. The molecule has 3 heteroatoms. The van der Waals surface area contributed by atoms with Crippen molar-refractivity contribution in [3.63, 3.8) is 0 Å². The fourth-order valence-electron chi connectivity index (χ4n) is 2.28. The summed E-state index contributed by atoms with van der Waals surface area (Å²) in [5.74, 6) is 0.244. The lowest BCUT2D eigenvalue weighted by Crippen LogP contribution is -2.52. The van der Waals surface area contributed by atoms with Crippen molar-refractivity contribution < 1.29 is 4.79 Å². The van der Waals surface area contributed by atoms with Crippen LogP contribution >= 0.6 is 0 Å². The van der Waals surface area contributed by atoms with Gasteiger partial charge in [-0.05, 0) is 25.0 Å². The van der Waals surface area contributed by atoms with Crippen LogP contribution in [0.25, 0.3) is 0 Å². The lowest BCUT2D eigenvalue weighted by molar-refractivity contribution is -0.133. The van der Waals surface area contributed by atoms with Gasteiger partial charge in [0.05, 0.1) is 6.42 Å². The third-order valence-electron chi connectivity index (χ3n) is 3.42. The first-order valence-corrected chi connectivity index (χ1v) is 6.23. The van der Waals surface area contributed by atoms with Gasteiger partial charge in [0.2, 0.25) is 5.91 Å². The van der Waals surface area contributed by atoms with E-state index in [0.717, 1.165) is 25.2 Å². The minimum Gasteiger partial charge on any atom is -0.337 e. The van der Waals surface area contributed by atoms with Crippen LogP contribution < -0.4 is 5.32 Å². The molecule has 1 aromatic rings. The third-order valence-corrected chi connectivity index (χ3v) is 3.42. The normalized spacial score (nSPS) is 20.4. The van der Waals surface area contributed by atoms with Gasteiger partial charge >= 0.3 is 0 Å². The van der Waals surface area contributed by atoms with Crippen LogP contribution in [0.15, 0.2) is 24.3 Å². The second-order valence-corrected chi connectivity index (χ2v) is 4.74. The number of carbonyl (C=O) groups is 1. The number of aryl methyl sites for hydroxylation is 1. The van der Waals surface area contributed by atoms with E-state index in [0.29, 0.717) is 12.5 Å². The number of carbonyl (C=O) groups excluding carboxylic acids is 1. The number of hydrogen-bond acceptors (Lipinski definition) is 2. The minimum absolute atomic E-state index is 0.244. The Kier molecular flexibility index (Phi) is 3.79. The van der Waals surface area contributed by atoms with Crippen molar-refractivity contribution in [3.05, 3.63) is 35.4 Å². The molecule has 0 aliphatic carbocycles. The predicted molar refractivity (Wildman–Crippen MR) is 68.9 cm³/mol. The average molecular weight is 232 g/mol. The zero-order valence-electron chi connectivity index (χ0n) is 10.6. The largest absolute Gasteiger partial charge is 0.337 e. The van der Waals surface area contributed by atoms with Crippen LogP contribution in [0.2, 0.25) is 0 Å². The van der Waals surface area contributed by atoms with Gasteiger partial charge < -0.3 is 10.2 Å². The second kappa shape index (κ2) is 5.32. The fourth-order valence-corrected chi connectivity index (χ4v) is 2.28. The van der Waals surface area contributed by atoms with E-state index in [1.54, 1.807) is 0 Å². The number of rotatable bonds is 2. The highest BCUT2D eigenvalue weighted by Crippen LogP contribution is 2.11. The second-order valence-electron chi connectivity index (χ2n) is 4.74. The average Bonchev–Trinajstić information content (AvgIpc) is 2.32.